The van der Waals surface area contributed by atoms with Crippen molar-refractivity contribution in [3.05, 3.63) is 65.7 Å². The highest BCUT2D eigenvalue weighted by Gasteiger charge is 2.19. The van der Waals surface area contributed by atoms with E-state index < -0.39 is 12.1 Å². The van der Waals surface area contributed by atoms with Gasteiger partial charge in [-0.05, 0) is 30.2 Å². The van der Waals surface area contributed by atoms with Crippen LogP contribution in [0.5, 0.6) is 5.75 Å². The van der Waals surface area contributed by atoms with Gasteiger partial charge in [0.15, 0.2) is 0 Å². The Kier molecular flexibility index (Phi) is 6.83. The zero-order chi connectivity index (χ0) is 18.1. The van der Waals surface area contributed by atoms with Crippen LogP contribution in [0.3, 0.4) is 0 Å². The molecule has 0 saturated heterocycles. The Balaban J connectivity index is 1.83. The summed E-state index contributed by atoms with van der Waals surface area (Å²) in [7, 11) is 0. The van der Waals surface area contributed by atoms with Gasteiger partial charge in [-0.25, -0.2) is 4.79 Å². The molecule has 2 aromatic carbocycles. The van der Waals surface area contributed by atoms with E-state index in [0.29, 0.717) is 19.6 Å². The molecule has 1 atom stereocenters. The lowest BCUT2D eigenvalue weighted by Gasteiger charge is -2.17. The summed E-state index contributed by atoms with van der Waals surface area (Å²) < 4.78 is 5.59. The molecule has 0 heterocycles. The third-order valence-electron chi connectivity index (χ3n) is 3.58. The number of aryl methyl sites for hydroxylation is 1. The minimum atomic E-state index is -0.730. The van der Waals surface area contributed by atoms with Gasteiger partial charge in [0.2, 0.25) is 5.91 Å². The van der Waals surface area contributed by atoms with E-state index in [9.17, 15) is 9.59 Å². The van der Waals surface area contributed by atoms with Crippen LogP contribution in [0, 0.1) is 6.92 Å². The van der Waals surface area contributed by atoms with Crippen molar-refractivity contribution in [1.82, 2.24) is 10.6 Å². The average molecular weight is 341 g/mol. The van der Waals surface area contributed by atoms with E-state index >= 15 is 0 Å². The summed E-state index contributed by atoms with van der Waals surface area (Å²) in [6, 6.07) is 15.7. The van der Waals surface area contributed by atoms with Crippen LogP contribution in [-0.4, -0.2) is 31.1 Å². The van der Waals surface area contributed by atoms with Crippen molar-refractivity contribution in [3.8, 4) is 5.75 Å². The number of amides is 3. The number of nitrogens with two attached hydrogens (primary N) is 1. The van der Waals surface area contributed by atoms with Crippen molar-refractivity contribution in [2.75, 3.05) is 13.2 Å². The molecule has 2 aromatic rings. The van der Waals surface area contributed by atoms with Crippen LogP contribution in [0.4, 0.5) is 4.79 Å². The van der Waals surface area contributed by atoms with Gasteiger partial charge in [0.05, 0.1) is 6.54 Å². The normalized spacial score (nSPS) is 11.4. The predicted molar refractivity (Wildman–Crippen MR) is 96.3 cm³/mol. The van der Waals surface area contributed by atoms with Crippen molar-refractivity contribution in [2.45, 2.75) is 19.4 Å². The number of ether oxygens (including phenoxy) is 1. The number of primary amides is 1. The van der Waals surface area contributed by atoms with E-state index in [4.69, 9.17) is 10.5 Å². The predicted octanol–water partition coefficient (Wildman–Crippen LogP) is 1.77. The lowest BCUT2D eigenvalue weighted by Crippen LogP contribution is -2.50. The van der Waals surface area contributed by atoms with Gasteiger partial charge in [0.1, 0.15) is 18.4 Å². The summed E-state index contributed by atoms with van der Waals surface area (Å²) in [6.07, 6.45) is 0.369. The van der Waals surface area contributed by atoms with Gasteiger partial charge in [-0.1, -0.05) is 42.5 Å². The van der Waals surface area contributed by atoms with E-state index in [1.165, 1.54) is 0 Å². The summed E-state index contributed by atoms with van der Waals surface area (Å²) >= 11 is 0. The molecule has 6 heteroatoms. The van der Waals surface area contributed by atoms with Crippen molar-refractivity contribution < 1.29 is 14.3 Å². The minimum Gasteiger partial charge on any atom is -0.492 e. The number of benzene rings is 2. The lowest BCUT2D eigenvalue weighted by molar-refractivity contribution is -0.123. The molecule has 25 heavy (non-hydrogen) atoms. The van der Waals surface area contributed by atoms with Crippen LogP contribution in [0.25, 0.3) is 0 Å². The first-order valence-corrected chi connectivity index (χ1v) is 8.11. The Bertz CT molecular complexity index is 704. The van der Waals surface area contributed by atoms with Crippen molar-refractivity contribution >= 4 is 11.9 Å². The maximum Gasteiger partial charge on any atom is 0.312 e. The van der Waals surface area contributed by atoms with Gasteiger partial charge in [-0.2, -0.15) is 0 Å². The number of hydrogen-bond acceptors (Lipinski definition) is 3. The van der Waals surface area contributed by atoms with E-state index in [1.807, 2.05) is 61.5 Å². The van der Waals surface area contributed by atoms with Crippen LogP contribution in [0.15, 0.2) is 54.6 Å². The molecule has 0 saturated carbocycles. The Morgan fingerprint density at radius 3 is 2.56 bits per heavy atom. The van der Waals surface area contributed by atoms with Gasteiger partial charge in [-0.3, -0.25) is 4.79 Å². The first kappa shape index (κ1) is 18.3. The zero-order valence-electron chi connectivity index (χ0n) is 14.2. The summed E-state index contributed by atoms with van der Waals surface area (Å²) in [5.41, 5.74) is 7.22. The number of carbonyl (C=O) groups excluding carboxylic acids is 2. The fourth-order valence-electron chi connectivity index (χ4n) is 2.40. The van der Waals surface area contributed by atoms with Gasteiger partial charge in [0, 0.05) is 6.42 Å². The quantitative estimate of drug-likeness (QED) is 0.639. The Hall–Kier alpha value is -3.02. The molecular weight excluding hydrogens is 318 g/mol. The van der Waals surface area contributed by atoms with Gasteiger partial charge in [0.25, 0.3) is 0 Å². The lowest BCUT2D eigenvalue weighted by atomic mass is 10.1. The van der Waals surface area contributed by atoms with E-state index in [2.05, 4.69) is 10.6 Å². The SMILES string of the molecule is Cc1cccc(OCCNC(=O)C(Cc2ccccc2)NC(N)=O)c1. The molecule has 0 aromatic heterocycles. The van der Waals surface area contributed by atoms with Crippen molar-refractivity contribution in [3.63, 3.8) is 0 Å². The van der Waals surface area contributed by atoms with Crippen LogP contribution in [-0.2, 0) is 11.2 Å². The largest absolute Gasteiger partial charge is 0.492 e. The Morgan fingerprint density at radius 2 is 1.88 bits per heavy atom. The van der Waals surface area contributed by atoms with Crippen LogP contribution >= 0.6 is 0 Å². The Labute approximate surface area is 147 Å². The third-order valence-corrected chi connectivity index (χ3v) is 3.58. The maximum atomic E-state index is 12.3. The standard InChI is InChI=1S/C19H23N3O3/c1-14-6-5-9-16(12-14)25-11-10-21-18(23)17(22-19(20)24)13-15-7-3-2-4-8-15/h2-9,12,17H,10-11,13H2,1H3,(H,21,23)(H3,20,22,24). The molecule has 4 N–H and O–H groups in total. The van der Waals surface area contributed by atoms with Crippen LogP contribution in [0.1, 0.15) is 11.1 Å². The highest BCUT2D eigenvalue weighted by Crippen LogP contribution is 2.11. The van der Waals surface area contributed by atoms with Crippen LogP contribution < -0.4 is 21.1 Å². The van der Waals surface area contributed by atoms with Gasteiger partial charge < -0.3 is 21.1 Å². The number of rotatable bonds is 8. The molecular formula is C19H23N3O3. The topological polar surface area (TPSA) is 93.4 Å². The summed E-state index contributed by atoms with van der Waals surface area (Å²) in [6.45, 7) is 2.65. The van der Waals surface area contributed by atoms with E-state index in [1.54, 1.807) is 0 Å². The fraction of sp³-hybridized carbons (Fsp3) is 0.263. The van der Waals surface area contributed by atoms with E-state index in [0.717, 1.165) is 16.9 Å². The molecule has 0 aliphatic heterocycles. The van der Waals surface area contributed by atoms with Crippen LogP contribution in [0.2, 0.25) is 0 Å². The number of hydrogen-bond donors (Lipinski definition) is 3. The second-order valence-electron chi connectivity index (χ2n) is 5.71. The second-order valence-corrected chi connectivity index (χ2v) is 5.71. The van der Waals surface area contributed by atoms with Gasteiger partial charge >= 0.3 is 6.03 Å². The Morgan fingerprint density at radius 1 is 1.12 bits per heavy atom. The third kappa shape index (κ3) is 6.55. The fourth-order valence-corrected chi connectivity index (χ4v) is 2.40. The number of nitrogens with one attached hydrogen (secondary N) is 2. The molecule has 0 aliphatic carbocycles. The first-order chi connectivity index (χ1) is 12.0. The molecule has 0 bridgehead atoms. The molecule has 0 aliphatic rings. The van der Waals surface area contributed by atoms with Crippen molar-refractivity contribution in [1.29, 1.82) is 0 Å². The molecule has 0 radical (unpaired) electrons. The average Bonchev–Trinajstić information content (AvgIpc) is 2.58. The molecule has 1 unspecified atom stereocenters. The highest BCUT2D eigenvalue weighted by molar-refractivity contribution is 5.86. The van der Waals surface area contributed by atoms with Crippen molar-refractivity contribution in [2.24, 2.45) is 5.73 Å². The zero-order valence-corrected chi connectivity index (χ0v) is 14.2. The summed E-state index contributed by atoms with van der Waals surface area (Å²) in [5, 5.41) is 5.24. The molecule has 2 rings (SSSR count). The number of carbonyl (C=O) groups is 2. The van der Waals surface area contributed by atoms with Gasteiger partial charge in [-0.15, -0.1) is 0 Å². The minimum absolute atomic E-state index is 0.296. The van der Waals surface area contributed by atoms with E-state index in [-0.39, 0.29) is 5.91 Å². The maximum absolute atomic E-state index is 12.3. The molecule has 0 spiro atoms. The summed E-state index contributed by atoms with van der Waals surface area (Å²) in [4.78, 5) is 23.5. The summed E-state index contributed by atoms with van der Waals surface area (Å²) in [5.74, 6) is 0.459. The monoisotopic (exact) mass is 341 g/mol. The molecule has 0 fully saturated rings. The molecule has 3 amide bonds. The second kappa shape index (κ2) is 9.32. The first-order valence-electron chi connectivity index (χ1n) is 8.11. The molecule has 132 valence electrons. The molecule has 6 nitrogen and oxygen atoms in total. The highest BCUT2D eigenvalue weighted by atomic mass is 16.5. The number of urea groups is 1. The smallest absolute Gasteiger partial charge is 0.312 e.